The highest BCUT2D eigenvalue weighted by Crippen LogP contribution is 2.04. The quantitative estimate of drug-likeness (QED) is 0.681. The summed E-state index contributed by atoms with van der Waals surface area (Å²) in [6.07, 6.45) is 4.78. The van der Waals surface area contributed by atoms with Crippen LogP contribution in [0.5, 0.6) is 0 Å². The lowest BCUT2D eigenvalue weighted by Gasteiger charge is -2.09. The normalized spacial score (nSPS) is 14.0. The number of nitrogens with zero attached hydrogens (tertiary/aromatic N) is 2. The minimum absolute atomic E-state index is 0.949. The van der Waals surface area contributed by atoms with Crippen LogP contribution >= 0.6 is 0 Å². The van der Waals surface area contributed by atoms with Crippen molar-refractivity contribution in [3.8, 4) is 0 Å². The molecular formula is C11H13N3. The van der Waals surface area contributed by atoms with Crippen molar-refractivity contribution < 1.29 is 0 Å². The molecule has 1 N–H and O–H groups in total. The molecule has 0 radical (unpaired) electrons. The van der Waals surface area contributed by atoms with Gasteiger partial charge in [0, 0.05) is 12.4 Å². The van der Waals surface area contributed by atoms with Gasteiger partial charge in [-0.3, -0.25) is 9.97 Å². The molecule has 2 aromatic rings. The maximum absolute atomic E-state index is 4.12. The second-order valence-corrected chi connectivity index (χ2v) is 3.15. The fourth-order valence-electron chi connectivity index (χ4n) is 1.09. The van der Waals surface area contributed by atoms with Crippen molar-refractivity contribution in [3.05, 3.63) is 36.7 Å². The van der Waals surface area contributed by atoms with Gasteiger partial charge in [0.15, 0.2) is 0 Å². The number of para-hydroxylation sites is 2. The average molecular weight is 187 g/mol. The Morgan fingerprint density at radius 1 is 0.929 bits per heavy atom. The van der Waals surface area contributed by atoms with E-state index in [9.17, 15) is 0 Å². The first kappa shape index (κ1) is 9.09. The largest absolute Gasteiger partial charge is 0.317 e. The van der Waals surface area contributed by atoms with Crippen molar-refractivity contribution in [1.82, 2.24) is 15.3 Å². The molecule has 2 heterocycles. The zero-order valence-electron chi connectivity index (χ0n) is 7.98. The van der Waals surface area contributed by atoms with Gasteiger partial charge in [-0.05, 0) is 31.6 Å². The number of fused-ring (bicyclic) bond motifs is 1. The zero-order chi connectivity index (χ0) is 9.64. The highest BCUT2D eigenvalue weighted by Gasteiger charge is 1.92. The topological polar surface area (TPSA) is 37.8 Å². The summed E-state index contributed by atoms with van der Waals surface area (Å²) in [5, 5.41) is 3.11. The van der Waals surface area contributed by atoms with Gasteiger partial charge in [-0.15, -0.1) is 0 Å². The Kier molecular flexibility index (Phi) is 3.03. The summed E-state index contributed by atoms with van der Waals surface area (Å²) in [7, 11) is 0. The van der Waals surface area contributed by atoms with Crippen LogP contribution in [0, 0.1) is 0 Å². The Morgan fingerprint density at radius 2 is 1.36 bits per heavy atom. The Hall–Kier alpha value is -1.48. The Balaban J connectivity index is 0.000000157. The molecule has 0 saturated carbocycles. The van der Waals surface area contributed by atoms with E-state index in [1.54, 1.807) is 12.4 Å². The van der Waals surface area contributed by atoms with Gasteiger partial charge in [-0.2, -0.15) is 0 Å². The Labute approximate surface area is 83.2 Å². The van der Waals surface area contributed by atoms with E-state index in [2.05, 4.69) is 15.3 Å². The van der Waals surface area contributed by atoms with Gasteiger partial charge in [0.2, 0.25) is 0 Å². The average Bonchev–Trinajstić information content (AvgIpc) is 2.16. The van der Waals surface area contributed by atoms with Gasteiger partial charge in [0.1, 0.15) is 0 Å². The van der Waals surface area contributed by atoms with Crippen LogP contribution in [-0.4, -0.2) is 23.1 Å². The van der Waals surface area contributed by atoms with Crippen LogP contribution in [0.25, 0.3) is 11.0 Å². The standard InChI is InChI=1S/C8H6N2.C3H7N/c1-2-4-8-7(3-1)9-5-6-10-8;1-2-4-3-1/h1-6H;4H,1-3H2. The molecule has 3 rings (SSSR count). The van der Waals surface area contributed by atoms with Gasteiger partial charge in [-0.1, -0.05) is 12.1 Å². The third-order valence-corrected chi connectivity index (χ3v) is 2.08. The highest BCUT2D eigenvalue weighted by molar-refractivity contribution is 5.72. The molecule has 1 aromatic heterocycles. The predicted octanol–water partition coefficient (Wildman–Crippen LogP) is 1.61. The summed E-state index contributed by atoms with van der Waals surface area (Å²) < 4.78 is 0. The number of aromatic nitrogens is 2. The summed E-state index contributed by atoms with van der Waals surface area (Å²) in [5.41, 5.74) is 1.90. The summed E-state index contributed by atoms with van der Waals surface area (Å²) in [4.78, 5) is 8.24. The molecular weight excluding hydrogens is 174 g/mol. The second-order valence-electron chi connectivity index (χ2n) is 3.15. The summed E-state index contributed by atoms with van der Waals surface area (Å²) in [5.74, 6) is 0. The maximum Gasteiger partial charge on any atom is 0.0886 e. The van der Waals surface area contributed by atoms with E-state index in [4.69, 9.17) is 0 Å². The van der Waals surface area contributed by atoms with E-state index in [0.717, 1.165) is 11.0 Å². The molecule has 0 unspecified atom stereocenters. The van der Waals surface area contributed by atoms with E-state index < -0.39 is 0 Å². The third kappa shape index (κ3) is 2.26. The van der Waals surface area contributed by atoms with Crippen LogP contribution in [0.15, 0.2) is 36.7 Å². The van der Waals surface area contributed by atoms with Crippen molar-refractivity contribution in [1.29, 1.82) is 0 Å². The number of nitrogens with one attached hydrogen (secondary N) is 1. The van der Waals surface area contributed by atoms with E-state index in [0.29, 0.717) is 0 Å². The van der Waals surface area contributed by atoms with Crippen molar-refractivity contribution in [3.63, 3.8) is 0 Å². The fraction of sp³-hybridized carbons (Fsp3) is 0.273. The van der Waals surface area contributed by atoms with E-state index in [1.807, 2.05) is 24.3 Å². The first-order chi connectivity index (χ1) is 6.97. The smallest absolute Gasteiger partial charge is 0.0886 e. The Morgan fingerprint density at radius 3 is 1.71 bits per heavy atom. The second kappa shape index (κ2) is 4.67. The SMILES string of the molecule is C1CNC1.c1ccc2nccnc2c1. The third-order valence-electron chi connectivity index (χ3n) is 2.08. The number of benzene rings is 1. The lowest BCUT2D eigenvalue weighted by Crippen LogP contribution is -2.29. The summed E-state index contributed by atoms with van der Waals surface area (Å²) in [6.45, 7) is 2.50. The van der Waals surface area contributed by atoms with Crippen molar-refractivity contribution >= 4 is 11.0 Å². The molecule has 1 saturated heterocycles. The lowest BCUT2D eigenvalue weighted by atomic mass is 10.3. The molecule has 1 aliphatic rings. The zero-order valence-corrected chi connectivity index (χ0v) is 7.98. The molecule has 0 atom stereocenters. The van der Waals surface area contributed by atoms with Crippen LogP contribution in [-0.2, 0) is 0 Å². The minimum atomic E-state index is 0.949. The minimum Gasteiger partial charge on any atom is -0.317 e. The summed E-state index contributed by atoms with van der Waals surface area (Å²) >= 11 is 0. The first-order valence-electron chi connectivity index (χ1n) is 4.83. The molecule has 0 aliphatic carbocycles. The van der Waals surface area contributed by atoms with Crippen LogP contribution < -0.4 is 5.32 Å². The fourth-order valence-corrected chi connectivity index (χ4v) is 1.09. The van der Waals surface area contributed by atoms with E-state index >= 15 is 0 Å². The molecule has 1 fully saturated rings. The van der Waals surface area contributed by atoms with E-state index in [-0.39, 0.29) is 0 Å². The van der Waals surface area contributed by atoms with Gasteiger partial charge in [0.05, 0.1) is 11.0 Å². The predicted molar refractivity (Wildman–Crippen MR) is 57.0 cm³/mol. The molecule has 3 nitrogen and oxygen atoms in total. The molecule has 0 bridgehead atoms. The summed E-state index contributed by atoms with van der Waals surface area (Å²) in [6, 6.07) is 7.80. The number of hydrogen-bond donors (Lipinski definition) is 1. The van der Waals surface area contributed by atoms with Crippen molar-refractivity contribution in [2.45, 2.75) is 6.42 Å². The first-order valence-corrected chi connectivity index (χ1v) is 4.83. The van der Waals surface area contributed by atoms with Gasteiger partial charge < -0.3 is 5.32 Å². The molecule has 0 spiro atoms. The molecule has 14 heavy (non-hydrogen) atoms. The van der Waals surface area contributed by atoms with Gasteiger partial charge >= 0.3 is 0 Å². The number of hydrogen-bond acceptors (Lipinski definition) is 3. The highest BCUT2D eigenvalue weighted by atomic mass is 14.9. The molecule has 1 aromatic carbocycles. The van der Waals surface area contributed by atoms with Crippen LogP contribution in [0.3, 0.4) is 0 Å². The van der Waals surface area contributed by atoms with Crippen LogP contribution in [0.1, 0.15) is 6.42 Å². The lowest BCUT2D eigenvalue weighted by molar-refractivity contribution is 0.527. The molecule has 1 aliphatic heterocycles. The number of rotatable bonds is 0. The van der Waals surface area contributed by atoms with Gasteiger partial charge in [-0.25, -0.2) is 0 Å². The molecule has 0 amide bonds. The van der Waals surface area contributed by atoms with E-state index in [1.165, 1.54) is 19.5 Å². The Bertz CT molecular complexity index is 327. The molecule has 72 valence electrons. The van der Waals surface area contributed by atoms with Crippen molar-refractivity contribution in [2.75, 3.05) is 13.1 Å². The molecule has 3 heteroatoms. The van der Waals surface area contributed by atoms with Gasteiger partial charge in [0.25, 0.3) is 0 Å². The monoisotopic (exact) mass is 187 g/mol. The maximum atomic E-state index is 4.12. The van der Waals surface area contributed by atoms with Crippen LogP contribution in [0.4, 0.5) is 0 Å². The van der Waals surface area contributed by atoms with Crippen LogP contribution in [0.2, 0.25) is 0 Å². The van der Waals surface area contributed by atoms with Crippen molar-refractivity contribution in [2.24, 2.45) is 0 Å².